The average Bonchev–Trinajstić information content (AvgIpc) is 2.90. The molecule has 2 rings (SSSR count). The van der Waals surface area contributed by atoms with E-state index in [1.54, 1.807) is 0 Å². The van der Waals surface area contributed by atoms with Crippen LogP contribution in [0.5, 0.6) is 0 Å². The van der Waals surface area contributed by atoms with Gasteiger partial charge in [0.25, 0.3) is 0 Å². The summed E-state index contributed by atoms with van der Waals surface area (Å²) in [7, 11) is 0. The van der Waals surface area contributed by atoms with Crippen LogP contribution in [-0.4, -0.2) is 37.5 Å². The van der Waals surface area contributed by atoms with Crippen LogP contribution < -0.4 is 16.0 Å². The summed E-state index contributed by atoms with van der Waals surface area (Å²) in [5, 5.41) is 9.78. The number of nitrogens with one attached hydrogen (secondary N) is 3. The second-order valence-corrected chi connectivity index (χ2v) is 8.17. The van der Waals surface area contributed by atoms with Gasteiger partial charge < -0.3 is 16.0 Å². The van der Waals surface area contributed by atoms with Crippen molar-refractivity contribution in [2.75, 3.05) is 19.6 Å². The van der Waals surface area contributed by atoms with Crippen molar-refractivity contribution in [1.29, 1.82) is 0 Å². The van der Waals surface area contributed by atoms with E-state index in [2.05, 4.69) is 53.8 Å². The largest absolute Gasteiger partial charge is 0.357 e. The zero-order valence-electron chi connectivity index (χ0n) is 16.1. The Balaban J connectivity index is 0.00000338. The fourth-order valence-electron chi connectivity index (χ4n) is 2.80. The van der Waals surface area contributed by atoms with Gasteiger partial charge in [-0.1, -0.05) is 6.42 Å². The molecule has 0 aliphatic heterocycles. The lowest BCUT2D eigenvalue weighted by molar-refractivity contribution is -0.127. The van der Waals surface area contributed by atoms with Gasteiger partial charge >= 0.3 is 0 Å². The molecule has 1 saturated carbocycles. The fourth-order valence-corrected chi connectivity index (χ4v) is 3.82. The number of aliphatic imine (C=N–C) groups is 1. The van der Waals surface area contributed by atoms with Crippen LogP contribution in [0.4, 0.5) is 0 Å². The second kappa shape index (κ2) is 12.5. The Hall–Kier alpha value is -0.830. The van der Waals surface area contributed by atoms with Crippen molar-refractivity contribution < 1.29 is 4.79 Å². The Morgan fingerprint density at radius 3 is 2.69 bits per heavy atom. The van der Waals surface area contributed by atoms with Gasteiger partial charge in [-0.2, -0.15) is 0 Å². The molecule has 1 aliphatic rings. The van der Waals surface area contributed by atoms with Crippen molar-refractivity contribution in [1.82, 2.24) is 16.0 Å². The molecule has 1 aliphatic carbocycles. The fraction of sp³-hybridized carbons (Fsp3) is 0.684. The van der Waals surface area contributed by atoms with Crippen LogP contribution in [0.3, 0.4) is 0 Å². The molecule has 148 valence electrons. The first-order valence-electron chi connectivity index (χ1n) is 9.46. The lowest BCUT2D eigenvalue weighted by Crippen LogP contribution is -2.43. The molecule has 0 bridgehead atoms. The van der Waals surface area contributed by atoms with Crippen molar-refractivity contribution in [3.63, 3.8) is 0 Å². The van der Waals surface area contributed by atoms with Gasteiger partial charge in [0.2, 0.25) is 5.91 Å². The van der Waals surface area contributed by atoms with Crippen LogP contribution in [0.25, 0.3) is 0 Å². The van der Waals surface area contributed by atoms with E-state index >= 15 is 0 Å². The van der Waals surface area contributed by atoms with Crippen molar-refractivity contribution in [3.8, 4) is 0 Å². The number of halogens is 1. The molecule has 0 saturated heterocycles. The Bertz CT molecular complexity index is 572. The predicted molar refractivity (Wildman–Crippen MR) is 122 cm³/mol. The van der Waals surface area contributed by atoms with Crippen LogP contribution in [0.1, 0.15) is 49.3 Å². The Kier molecular flexibility index (Phi) is 11.2. The van der Waals surface area contributed by atoms with Gasteiger partial charge in [-0.15, -0.1) is 35.3 Å². The zero-order chi connectivity index (χ0) is 18.1. The summed E-state index contributed by atoms with van der Waals surface area (Å²) in [5.41, 5.74) is 0. The van der Waals surface area contributed by atoms with Gasteiger partial charge in [0.05, 0.1) is 0 Å². The second-order valence-electron chi connectivity index (χ2n) is 6.79. The summed E-state index contributed by atoms with van der Waals surface area (Å²) in [6.45, 7) is 8.66. The monoisotopic (exact) mass is 492 g/mol. The summed E-state index contributed by atoms with van der Waals surface area (Å²) < 4.78 is 0. The van der Waals surface area contributed by atoms with Crippen LogP contribution in [0.2, 0.25) is 0 Å². The van der Waals surface area contributed by atoms with Gasteiger partial charge in [0.15, 0.2) is 5.96 Å². The summed E-state index contributed by atoms with van der Waals surface area (Å²) >= 11 is 1.85. The third kappa shape index (κ3) is 8.24. The van der Waals surface area contributed by atoms with Gasteiger partial charge in [-0.25, -0.2) is 0 Å². The summed E-state index contributed by atoms with van der Waals surface area (Å²) in [6.07, 6.45) is 5.18. The number of carbonyl (C=O) groups excluding carboxylic acids is 1. The quantitative estimate of drug-likeness (QED) is 0.214. The third-order valence-electron chi connectivity index (χ3n) is 4.41. The molecular formula is C19H33IN4OS. The number of aryl methyl sites for hydroxylation is 1. The van der Waals surface area contributed by atoms with E-state index in [4.69, 9.17) is 0 Å². The zero-order valence-corrected chi connectivity index (χ0v) is 19.3. The molecule has 3 N–H and O–H groups in total. The van der Waals surface area contributed by atoms with E-state index in [-0.39, 0.29) is 35.8 Å². The number of guanidine groups is 1. The molecule has 26 heavy (non-hydrogen) atoms. The van der Waals surface area contributed by atoms with Gasteiger partial charge in [-0.05, 0) is 52.2 Å². The van der Waals surface area contributed by atoms with Crippen molar-refractivity contribution in [2.24, 2.45) is 10.9 Å². The van der Waals surface area contributed by atoms with Gasteiger partial charge in [0.1, 0.15) is 0 Å². The number of carbonyl (C=O) groups is 1. The van der Waals surface area contributed by atoms with Crippen LogP contribution in [0.15, 0.2) is 17.1 Å². The maximum absolute atomic E-state index is 11.8. The van der Waals surface area contributed by atoms with E-state index < -0.39 is 0 Å². The number of amides is 1. The highest BCUT2D eigenvalue weighted by molar-refractivity contribution is 14.0. The summed E-state index contributed by atoms with van der Waals surface area (Å²) in [5.74, 6) is 1.35. The summed E-state index contributed by atoms with van der Waals surface area (Å²) in [4.78, 5) is 19.1. The predicted octanol–water partition coefficient (Wildman–Crippen LogP) is 3.47. The first-order valence-corrected chi connectivity index (χ1v) is 10.3. The molecule has 0 radical (unpaired) electrons. The SMILES string of the molecule is CCNC(=NCCCNC(=O)C1CCC1)NC(C)Cc1ccc(C)s1.I. The Labute approximate surface area is 178 Å². The Morgan fingerprint density at radius 1 is 1.35 bits per heavy atom. The highest BCUT2D eigenvalue weighted by Gasteiger charge is 2.24. The molecule has 0 aromatic carbocycles. The molecule has 1 fully saturated rings. The minimum absolute atomic E-state index is 0. The minimum atomic E-state index is 0. The molecule has 1 aromatic rings. The van der Waals surface area contributed by atoms with Crippen molar-refractivity contribution in [2.45, 2.75) is 58.9 Å². The van der Waals surface area contributed by atoms with E-state index in [0.29, 0.717) is 19.1 Å². The maximum Gasteiger partial charge on any atom is 0.223 e. The molecular weight excluding hydrogens is 459 g/mol. The minimum Gasteiger partial charge on any atom is -0.357 e. The smallest absolute Gasteiger partial charge is 0.223 e. The van der Waals surface area contributed by atoms with E-state index in [9.17, 15) is 4.79 Å². The first kappa shape index (κ1) is 23.2. The average molecular weight is 492 g/mol. The van der Waals surface area contributed by atoms with Crippen LogP contribution >= 0.6 is 35.3 Å². The summed E-state index contributed by atoms with van der Waals surface area (Å²) in [6, 6.07) is 4.70. The molecule has 5 nitrogen and oxygen atoms in total. The van der Waals surface area contributed by atoms with Crippen molar-refractivity contribution in [3.05, 3.63) is 21.9 Å². The van der Waals surface area contributed by atoms with E-state index in [0.717, 1.165) is 38.2 Å². The highest BCUT2D eigenvalue weighted by Crippen LogP contribution is 2.26. The molecule has 1 amide bonds. The number of nitrogens with zero attached hydrogens (tertiary/aromatic N) is 1. The number of hydrogen-bond acceptors (Lipinski definition) is 3. The molecule has 7 heteroatoms. The maximum atomic E-state index is 11.8. The molecule has 1 unspecified atom stereocenters. The highest BCUT2D eigenvalue weighted by atomic mass is 127. The number of hydrogen-bond donors (Lipinski definition) is 3. The lowest BCUT2D eigenvalue weighted by Gasteiger charge is -2.23. The molecule has 1 aromatic heterocycles. The standard InChI is InChI=1S/C19H32N4OS.HI/c1-4-20-19(23-14(2)13-17-10-9-15(3)25-17)22-12-6-11-21-18(24)16-7-5-8-16;/h9-10,14,16H,4-8,11-13H2,1-3H3,(H,21,24)(H2,20,22,23);1H. The van der Waals surface area contributed by atoms with Gasteiger partial charge in [0, 0.05) is 47.8 Å². The lowest BCUT2D eigenvalue weighted by atomic mass is 9.85. The topological polar surface area (TPSA) is 65.5 Å². The Morgan fingerprint density at radius 2 is 2.12 bits per heavy atom. The number of thiophene rings is 1. The molecule has 1 atom stereocenters. The van der Waals surface area contributed by atoms with Crippen LogP contribution in [0, 0.1) is 12.8 Å². The normalized spacial score (nSPS) is 15.6. The molecule has 0 spiro atoms. The number of rotatable bonds is 9. The third-order valence-corrected chi connectivity index (χ3v) is 5.43. The first-order chi connectivity index (χ1) is 12.1. The van der Waals surface area contributed by atoms with E-state index in [1.807, 2.05) is 11.3 Å². The molecule has 1 heterocycles. The van der Waals surface area contributed by atoms with E-state index in [1.165, 1.54) is 16.2 Å². The van der Waals surface area contributed by atoms with Crippen molar-refractivity contribution >= 4 is 47.2 Å². The van der Waals surface area contributed by atoms with Gasteiger partial charge in [-0.3, -0.25) is 9.79 Å². The van der Waals surface area contributed by atoms with Crippen LogP contribution in [-0.2, 0) is 11.2 Å².